The lowest BCUT2D eigenvalue weighted by Crippen LogP contribution is -2.35. The molecule has 0 saturated carbocycles. The first kappa shape index (κ1) is 16.2. The largest absolute Gasteiger partial charge is 0.496 e. The minimum Gasteiger partial charge on any atom is -0.496 e. The SMILES string of the molecule is COc1cc(B(O)O)cc(F)c1C(=O)NCC(F)(F)F. The normalized spacial score (nSPS) is 11.2. The lowest BCUT2D eigenvalue weighted by atomic mass is 9.79. The maximum Gasteiger partial charge on any atom is 0.488 e. The fourth-order valence-electron chi connectivity index (χ4n) is 1.40. The van der Waals surface area contributed by atoms with Crippen LogP contribution in [0.15, 0.2) is 12.1 Å². The first-order valence-corrected chi connectivity index (χ1v) is 5.24. The van der Waals surface area contributed by atoms with Crippen molar-refractivity contribution in [1.82, 2.24) is 5.32 Å². The highest BCUT2D eigenvalue weighted by Crippen LogP contribution is 2.21. The Morgan fingerprint density at radius 3 is 2.45 bits per heavy atom. The summed E-state index contributed by atoms with van der Waals surface area (Å²) < 4.78 is 54.3. The number of hydrogen-bond acceptors (Lipinski definition) is 4. The molecule has 0 atom stereocenters. The molecule has 20 heavy (non-hydrogen) atoms. The van der Waals surface area contributed by atoms with E-state index < -0.39 is 42.9 Å². The highest BCUT2D eigenvalue weighted by atomic mass is 19.4. The predicted octanol–water partition coefficient (Wildman–Crippen LogP) is -0.194. The van der Waals surface area contributed by atoms with Crippen LogP contribution in [0.2, 0.25) is 0 Å². The van der Waals surface area contributed by atoms with E-state index in [1.165, 1.54) is 5.32 Å². The van der Waals surface area contributed by atoms with E-state index in [-0.39, 0.29) is 5.46 Å². The molecule has 0 saturated heterocycles. The van der Waals surface area contributed by atoms with Gasteiger partial charge in [0.2, 0.25) is 0 Å². The Hall–Kier alpha value is -1.81. The third kappa shape index (κ3) is 4.10. The number of benzene rings is 1. The first-order valence-electron chi connectivity index (χ1n) is 5.24. The molecule has 0 aliphatic heterocycles. The summed E-state index contributed by atoms with van der Waals surface area (Å²) in [5.41, 5.74) is -1.05. The van der Waals surface area contributed by atoms with Crippen molar-refractivity contribution >= 4 is 18.5 Å². The second-order valence-electron chi connectivity index (χ2n) is 3.75. The van der Waals surface area contributed by atoms with E-state index in [1.54, 1.807) is 0 Å². The molecule has 1 aromatic carbocycles. The number of hydrogen-bond donors (Lipinski definition) is 3. The number of halogens is 4. The summed E-state index contributed by atoms with van der Waals surface area (Å²) in [6.45, 7) is -1.63. The van der Waals surface area contributed by atoms with Gasteiger partial charge in [-0.3, -0.25) is 4.79 Å². The molecule has 0 radical (unpaired) electrons. The van der Waals surface area contributed by atoms with Crippen LogP contribution in [0.5, 0.6) is 5.75 Å². The van der Waals surface area contributed by atoms with Crippen molar-refractivity contribution in [1.29, 1.82) is 0 Å². The summed E-state index contributed by atoms with van der Waals surface area (Å²) >= 11 is 0. The smallest absolute Gasteiger partial charge is 0.488 e. The summed E-state index contributed by atoms with van der Waals surface area (Å²) in [6.07, 6.45) is -4.64. The molecule has 3 N–H and O–H groups in total. The Balaban J connectivity index is 3.08. The van der Waals surface area contributed by atoms with Crippen molar-refractivity contribution in [2.24, 2.45) is 0 Å². The van der Waals surface area contributed by atoms with Crippen LogP contribution in [0, 0.1) is 5.82 Å². The average Bonchev–Trinajstić information content (AvgIpc) is 2.33. The molecule has 0 spiro atoms. The van der Waals surface area contributed by atoms with Crippen molar-refractivity contribution in [3.63, 3.8) is 0 Å². The van der Waals surface area contributed by atoms with Gasteiger partial charge in [-0.1, -0.05) is 0 Å². The number of alkyl halides is 3. The highest BCUT2D eigenvalue weighted by Gasteiger charge is 2.30. The molecule has 0 aliphatic carbocycles. The van der Waals surface area contributed by atoms with Gasteiger partial charge in [-0.15, -0.1) is 0 Å². The number of amides is 1. The zero-order valence-corrected chi connectivity index (χ0v) is 10.2. The molecule has 1 rings (SSSR count). The van der Waals surface area contributed by atoms with Crippen molar-refractivity contribution in [2.75, 3.05) is 13.7 Å². The molecule has 110 valence electrons. The predicted molar refractivity (Wildman–Crippen MR) is 61.2 cm³/mol. The Morgan fingerprint density at radius 2 is 2.00 bits per heavy atom. The lowest BCUT2D eigenvalue weighted by Gasteiger charge is -2.13. The van der Waals surface area contributed by atoms with Gasteiger partial charge in [-0.25, -0.2) is 4.39 Å². The van der Waals surface area contributed by atoms with Crippen molar-refractivity contribution in [3.8, 4) is 5.75 Å². The fraction of sp³-hybridized carbons (Fsp3) is 0.300. The van der Waals surface area contributed by atoms with Crippen LogP contribution in [-0.4, -0.2) is 42.9 Å². The lowest BCUT2D eigenvalue weighted by molar-refractivity contribution is -0.123. The van der Waals surface area contributed by atoms with Gasteiger partial charge in [0.1, 0.15) is 23.7 Å². The maximum absolute atomic E-state index is 13.7. The van der Waals surface area contributed by atoms with Crippen molar-refractivity contribution in [3.05, 3.63) is 23.5 Å². The Kier molecular flexibility index (Phi) is 4.95. The number of ether oxygens (including phenoxy) is 1. The Morgan fingerprint density at radius 1 is 1.40 bits per heavy atom. The van der Waals surface area contributed by atoms with Crippen LogP contribution in [-0.2, 0) is 0 Å². The highest BCUT2D eigenvalue weighted by molar-refractivity contribution is 6.58. The molecular formula is C10H10BF4NO4. The van der Waals surface area contributed by atoms with Crippen LogP contribution < -0.4 is 15.5 Å². The van der Waals surface area contributed by atoms with Gasteiger partial charge < -0.3 is 20.1 Å². The molecule has 1 amide bonds. The van der Waals surface area contributed by atoms with Crippen LogP contribution in [0.1, 0.15) is 10.4 Å². The average molecular weight is 295 g/mol. The molecule has 0 bridgehead atoms. The van der Waals surface area contributed by atoms with Gasteiger partial charge in [0, 0.05) is 0 Å². The number of carbonyl (C=O) groups is 1. The molecule has 0 unspecified atom stereocenters. The number of nitrogens with one attached hydrogen (secondary N) is 1. The van der Waals surface area contributed by atoms with Gasteiger partial charge in [-0.05, 0) is 17.6 Å². The zero-order valence-electron chi connectivity index (χ0n) is 10.2. The van der Waals surface area contributed by atoms with E-state index in [9.17, 15) is 22.4 Å². The van der Waals surface area contributed by atoms with Gasteiger partial charge in [-0.2, -0.15) is 13.2 Å². The number of methoxy groups -OCH3 is 1. The van der Waals surface area contributed by atoms with E-state index in [0.29, 0.717) is 6.07 Å². The minimum absolute atomic E-state index is 0.299. The fourth-order valence-corrected chi connectivity index (χ4v) is 1.40. The van der Waals surface area contributed by atoms with Gasteiger partial charge >= 0.3 is 13.3 Å². The van der Waals surface area contributed by atoms with Gasteiger partial charge in [0.05, 0.1) is 7.11 Å². The standard InChI is InChI=1S/C10H10BF4NO4/c1-20-7-3-5(11(18)19)2-6(12)8(7)9(17)16-4-10(13,14)15/h2-3,18-19H,4H2,1H3,(H,16,17). The van der Waals surface area contributed by atoms with Crippen LogP contribution in [0.4, 0.5) is 17.6 Å². The molecule has 0 aliphatic rings. The van der Waals surface area contributed by atoms with Crippen LogP contribution in [0.25, 0.3) is 0 Å². The Bertz CT molecular complexity index is 507. The monoisotopic (exact) mass is 295 g/mol. The minimum atomic E-state index is -4.64. The van der Waals surface area contributed by atoms with E-state index in [2.05, 4.69) is 4.74 Å². The number of carbonyl (C=O) groups excluding carboxylic acids is 1. The Labute approximate surface area is 111 Å². The maximum atomic E-state index is 13.7. The third-order valence-electron chi connectivity index (χ3n) is 2.27. The summed E-state index contributed by atoms with van der Waals surface area (Å²) in [6, 6.07) is 1.56. The second kappa shape index (κ2) is 6.10. The summed E-state index contributed by atoms with van der Waals surface area (Å²) in [5, 5.41) is 19.3. The van der Waals surface area contributed by atoms with Crippen LogP contribution in [0.3, 0.4) is 0 Å². The molecular weight excluding hydrogens is 285 g/mol. The van der Waals surface area contributed by atoms with Crippen molar-refractivity contribution in [2.45, 2.75) is 6.18 Å². The summed E-state index contributed by atoms with van der Waals surface area (Å²) in [4.78, 5) is 11.5. The van der Waals surface area contributed by atoms with Gasteiger partial charge in [0.25, 0.3) is 5.91 Å². The van der Waals surface area contributed by atoms with Crippen LogP contribution >= 0.6 is 0 Å². The molecule has 0 aromatic heterocycles. The molecule has 0 fully saturated rings. The van der Waals surface area contributed by atoms with E-state index in [1.807, 2.05) is 0 Å². The number of rotatable bonds is 4. The zero-order chi connectivity index (χ0) is 15.5. The van der Waals surface area contributed by atoms with Crippen molar-refractivity contribution < 1.29 is 37.1 Å². The summed E-state index contributed by atoms with van der Waals surface area (Å²) in [5.74, 6) is -2.96. The van der Waals surface area contributed by atoms with Gasteiger partial charge in [0.15, 0.2) is 0 Å². The van der Waals surface area contributed by atoms with E-state index in [4.69, 9.17) is 10.0 Å². The third-order valence-corrected chi connectivity index (χ3v) is 2.27. The molecule has 1 aromatic rings. The van der Waals surface area contributed by atoms with E-state index in [0.717, 1.165) is 13.2 Å². The quantitative estimate of drug-likeness (QED) is 0.531. The molecule has 10 heteroatoms. The second-order valence-corrected chi connectivity index (χ2v) is 3.75. The topological polar surface area (TPSA) is 78.8 Å². The molecule has 0 heterocycles. The molecule has 5 nitrogen and oxygen atoms in total. The first-order chi connectivity index (χ1) is 9.15. The van der Waals surface area contributed by atoms with E-state index >= 15 is 0 Å². The summed E-state index contributed by atoms with van der Waals surface area (Å²) in [7, 11) is -0.950.